The molecule has 3 fully saturated rings. The molecule has 210 valence electrons. The number of carbonyl (C=O) groups is 2. The van der Waals surface area contributed by atoms with Gasteiger partial charge in [-0.3, -0.25) is 9.59 Å². The van der Waals surface area contributed by atoms with Crippen molar-refractivity contribution in [3.63, 3.8) is 0 Å². The van der Waals surface area contributed by atoms with E-state index < -0.39 is 17.7 Å². The molecule has 2 amide bonds. The van der Waals surface area contributed by atoms with Gasteiger partial charge in [0.1, 0.15) is 11.6 Å². The van der Waals surface area contributed by atoms with Crippen LogP contribution in [-0.2, 0) is 9.59 Å². The summed E-state index contributed by atoms with van der Waals surface area (Å²) in [6, 6.07) is 11.6. The van der Waals surface area contributed by atoms with Gasteiger partial charge in [0.2, 0.25) is 11.8 Å². The van der Waals surface area contributed by atoms with Crippen molar-refractivity contribution in [2.75, 3.05) is 13.1 Å². The van der Waals surface area contributed by atoms with Gasteiger partial charge in [-0.05, 0) is 97.6 Å². The highest BCUT2D eigenvalue weighted by Gasteiger charge is 2.56. The van der Waals surface area contributed by atoms with Gasteiger partial charge < -0.3 is 20.9 Å². The van der Waals surface area contributed by atoms with E-state index in [-0.39, 0.29) is 23.1 Å². The van der Waals surface area contributed by atoms with E-state index in [4.69, 9.17) is 5.73 Å². The Hall–Kier alpha value is -3.52. The van der Waals surface area contributed by atoms with Gasteiger partial charge in [-0.1, -0.05) is 18.2 Å². The van der Waals surface area contributed by atoms with E-state index in [9.17, 15) is 18.4 Å². The number of carbonyl (C=O) groups excluding carboxylic acids is 2. The maximum atomic E-state index is 13.4. The third-order valence-corrected chi connectivity index (χ3v) is 9.55. The van der Waals surface area contributed by atoms with Crippen molar-refractivity contribution in [2.45, 2.75) is 62.9 Å². The summed E-state index contributed by atoms with van der Waals surface area (Å²) in [6.07, 6.45) is 12.0. The molecule has 1 aliphatic heterocycles. The number of nitrogens with two attached hydrogens (primary N) is 1. The lowest BCUT2D eigenvalue weighted by atomic mass is 9.76. The number of amides is 2. The summed E-state index contributed by atoms with van der Waals surface area (Å²) >= 11 is 0. The van der Waals surface area contributed by atoms with Gasteiger partial charge in [-0.2, -0.15) is 0 Å². The number of hydrogen-bond acceptors (Lipinski definition) is 3. The number of hydrogen-bond donors (Lipinski definition) is 3. The number of primary amides is 1. The van der Waals surface area contributed by atoms with E-state index >= 15 is 0 Å². The molecule has 1 saturated heterocycles. The number of H-pyrrole nitrogens is 1. The lowest BCUT2D eigenvalue weighted by Crippen LogP contribution is -2.52. The summed E-state index contributed by atoms with van der Waals surface area (Å²) in [4.78, 5) is 30.3. The van der Waals surface area contributed by atoms with Gasteiger partial charge in [0.15, 0.2) is 0 Å². The van der Waals surface area contributed by atoms with Crippen LogP contribution in [0, 0.1) is 23.0 Å². The summed E-state index contributed by atoms with van der Waals surface area (Å²) in [5, 5.41) is 4.96. The quantitative estimate of drug-likeness (QED) is 0.353. The second kappa shape index (κ2) is 10.8. The molecule has 3 aromatic rings. The number of halogens is 2. The minimum absolute atomic E-state index is 0.0723. The molecular weight excluding hydrogens is 510 g/mol. The van der Waals surface area contributed by atoms with Gasteiger partial charge in [-0.15, -0.1) is 0 Å². The number of piperidine rings is 1. The second-order valence-corrected chi connectivity index (χ2v) is 11.9. The van der Waals surface area contributed by atoms with Crippen LogP contribution in [0.25, 0.3) is 17.0 Å². The van der Waals surface area contributed by atoms with Crippen LogP contribution in [0.2, 0.25) is 0 Å². The van der Waals surface area contributed by atoms with E-state index in [1.54, 1.807) is 4.90 Å². The van der Waals surface area contributed by atoms with Crippen LogP contribution in [0.4, 0.5) is 8.78 Å². The molecule has 2 atom stereocenters. The first-order chi connectivity index (χ1) is 19.3. The largest absolute Gasteiger partial charge is 0.368 e. The van der Waals surface area contributed by atoms with Crippen LogP contribution in [0.3, 0.4) is 0 Å². The molecule has 0 radical (unpaired) electrons. The first kappa shape index (κ1) is 26.7. The fourth-order valence-corrected chi connectivity index (χ4v) is 7.14. The highest BCUT2D eigenvalue weighted by Crippen LogP contribution is 2.59. The van der Waals surface area contributed by atoms with Crippen LogP contribution in [-0.4, -0.2) is 46.9 Å². The Morgan fingerprint density at radius 3 is 2.45 bits per heavy atom. The van der Waals surface area contributed by atoms with Crippen molar-refractivity contribution in [1.82, 2.24) is 15.2 Å². The fourth-order valence-electron chi connectivity index (χ4n) is 7.14. The molecule has 4 N–H and O–H groups in total. The lowest BCUT2D eigenvalue weighted by Gasteiger charge is -2.36. The van der Waals surface area contributed by atoms with Gasteiger partial charge in [-0.25, -0.2) is 8.78 Å². The molecule has 40 heavy (non-hydrogen) atoms. The molecule has 2 saturated carbocycles. The first-order valence-electron chi connectivity index (χ1n) is 14.4. The van der Waals surface area contributed by atoms with Gasteiger partial charge >= 0.3 is 0 Å². The molecule has 8 heteroatoms. The maximum Gasteiger partial charge on any atom is 0.246 e. The predicted molar refractivity (Wildman–Crippen MR) is 151 cm³/mol. The SMILES string of the molecule is NC(=O)C(NC1CC12CCC(c1c[nH]c3ccccc13)CC2)C1CCN(C(=O)/C=C/c2cc(F)cc(F)c2)CC1. The van der Waals surface area contributed by atoms with Crippen molar-refractivity contribution in [2.24, 2.45) is 17.1 Å². The van der Waals surface area contributed by atoms with Crippen molar-refractivity contribution < 1.29 is 18.4 Å². The fraction of sp³-hybridized carbons (Fsp3) is 0.438. The van der Waals surface area contributed by atoms with Crippen LogP contribution in [0.15, 0.2) is 54.7 Å². The normalized spacial score (nSPS) is 26.0. The van der Waals surface area contributed by atoms with E-state index in [1.165, 1.54) is 40.8 Å². The van der Waals surface area contributed by atoms with Crippen molar-refractivity contribution in [3.8, 4) is 0 Å². The molecule has 6 nitrogen and oxygen atoms in total. The van der Waals surface area contributed by atoms with Gasteiger partial charge in [0.05, 0.1) is 6.04 Å². The number of para-hydroxylation sites is 1. The number of likely N-dealkylation sites (tertiary alicyclic amines) is 1. The number of benzene rings is 2. The smallest absolute Gasteiger partial charge is 0.246 e. The summed E-state index contributed by atoms with van der Waals surface area (Å²) in [5.41, 5.74) is 9.04. The molecule has 1 spiro atoms. The monoisotopic (exact) mass is 546 g/mol. The second-order valence-electron chi connectivity index (χ2n) is 11.9. The zero-order valence-corrected chi connectivity index (χ0v) is 22.5. The minimum atomic E-state index is -0.683. The molecule has 1 aromatic heterocycles. The van der Waals surface area contributed by atoms with Crippen LogP contribution in [0.5, 0.6) is 0 Å². The zero-order valence-electron chi connectivity index (χ0n) is 22.5. The first-order valence-corrected chi connectivity index (χ1v) is 14.4. The predicted octanol–water partition coefficient (Wildman–Crippen LogP) is 5.26. The maximum absolute atomic E-state index is 13.4. The van der Waals surface area contributed by atoms with E-state index in [1.807, 2.05) is 0 Å². The molecule has 2 heterocycles. The Bertz CT molecular complexity index is 1410. The molecule has 2 aliphatic carbocycles. The summed E-state index contributed by atoms with van der Waals surface area (Å²) in [7, 11) is 0. The highest BCUT2D eigenvalue weighted by molar-refractivity contribution is 5.92. The minimum Gasteiger partial charge on any atom is -0.368 e. The average molecular weight is 547 g/mol. The molecule has 2 unspecified atom stereocenters. The van der Waals surface area contributed by atoms with E-state index in [2.05, 4.69) is 40.8 Å². The third-order valence-electron chi connectivity index (χ3n) is 9.55. The standard InChI is InChI=1S/C32H36F2N4O2/c33-23-15-20(16-24(34)17-23)5-6-29(39)38-13-9-22(10-14-38)30(31(35)40)37-28-18-32(28)11-7-21(8-12-32)26-19-36-27-4-2-1-3-25(26)27/h1-6,15-17,19,21-22,28,30,36-37H,7-14,18H2,(H2,35,40)/b6-5+. The molecule has 0 bridgehead atoms. The Morgan fingerprint density at radius 1 is 1.05 bits per heavy atom. The molecule has 3 aliphatic rings. The lowest BCUT2D eigenvalue weighted by molar-refractivity contribution is -0.127. The topological polar surface area (TPSA) is 91.2 Å². The van der Waals surface area contributed by atoms with Crippen molar-refractivity contribution in [1.29, 1.82) is 0 Å². The molecule has 2 aromatic carbocycles. The van der Waals surface area contributed by atoms with E-state index in [0.717, 1.165) is 38.2 Å². The number of aromatic nitrogens is 1. The summed E-state index contributed by atoms with van der Waals surface area (Å²) in [6.45, 7) is 1.03. The van der Waals surface area contributed by atoms with Crippen LogP contribution < -0.4 is 11.1 Å². The number of nitrogens with one attached hydrogen (secondary N) is 2. The van der Waals surface area contributed by atoms with Crippen molar-refractivity contribution in [3.05, 3.63) is 77.5 Å². The van der Waals surface area contributed by atoms with Crippen molar-refractivity contribution >= 4 is 28.8 Å². The third kappa shape index (κ3) is 5.42. The number of fused-ring (bicyclic) bond motifs is 1. The Labute approximate surface area is 233 Å². The molecular formula is C32H36F2N4O2. The Morgan fingerprint density at radius 2 is 1.75 bits per heavy atom. The Balaban J connectivity index is 1.01. The van der Waals surface area contributed by atoms with Crippen LogP contribution >= 0.6 is 0 Å². The van der Waals surface area contributed by atoms with Gasteiger partial charge in [0, 0.05) is 48.4 Å². The average Bonchev–Trinajstić information content (AvgIpc) is 3.41. The Kier molecular flexibility index (Phi) is 7.21. The highest BCUT2D eigenvalue weighted by atomic mass is 19.1. The van der Waals surface area contributed by atoms with Gasteiger partial charge in [0.25, 0.3) is 0 Å². The number of rotatable bonds is 7. The zero-order chi connectivity index (χ0) is 27.9. The van der Waals surface area contributed by atoms with Crippen LogP contribution in [0.1, 0.15) is 62.0 Å². The van der Waals surface area contributed by atoms with E-state index in [0.29, 0.717) is 43.5 Å². The molecule has 6 rings (SSSR count). The summed E-state index contributed by atoms with van der Waals surface area (Å²) in [5.74, 6) is -1.27. The summed E-state index contributed by atoms with van der Waals surface area (Å²) < 4.78 is 26.8. The number of nitrogens with zero attached hydrogens (tertiary/aromatic N) is 1. The number of aromatic amines is 1.